The Bertz CT molecular complexity index is 844. The first kappa shape index (κ1) is 21.3. The van der Waals surface area contributed by atoms with E-state index in [0.29, 0.717) is 0 Å². The Labute approximate surface area is 167 Å². The summed E-state index contributed by atoms with van der Waals surface area (Å²) in [4.78, 5) is 38.3. The summed E-state index contributed by atoms with van der Waals surface area (Å²) in [6, 6.07) is 0. The van der Waals surface area contributed by atoms with E-state index >= 15 is 0 Å². The average molecular weight is 434 g/mol. The molecule has 1 amide bonds. The molecule has 3 unspecified atom stereocenters. The molecule has 2 aliphatic rings. The number of aliphatic carboxylic acids is 2. The highest BCUT2D eigenvalue weighted by atomic mass is 32.2. The number of aromatic nitrogens is 3. The molecule has 10 nitrogen and oxygen atoms in total. The number of rotatable bonds is 6. The maximum absolute atomic E-state index is 12.7. The highest BCUT2D eigenvalue weighted by Gasteiger charge is 2.76. The van der Waals surface area contributed by atoms with Crippen LogP contribution in [0.5, 0.6) is 0 Å². The second kappa shape index (κ2) is 7.11. The van der Waals surface area contributed by atoms with Crippen molar-refractivity contribution in [3.05, 3.63) is 5.82 Å². The van der Waals surface area contributed by atoms with Crippen molar-refractivity contribution in [2.24, 2.45) is 17.8 Å². The van der Waals surface area contributed by atoms with E-state index in [1.165, 1.54) is 0 Å². The van der Waals surface area contributed by atoms with Crippen molar-refractivity contribution in [1.29, 1.82) is 0 Å². The topological polar surface area (TPSA) is 154 Å². The van der Waals surface area contributed by atoms with Gasteiger partial charge in [0.05, 0.1) is 5.92 Å². The molecule has 0 spiro atoms. The number of H-pyrrole nitrogens is 1. The molecule has 3 rings (SSSR count). The van der Waals surface area contributed by atoms with Crippen LogP contribution < -0.4 is 5.32 Å². The number of carboxylic acids is 2. The Morgan fingerprint density at radius 1 is 1.31 bits per heavy atom. The minimum atomic E-state index is -2.85. The highest BCUT2D eigenvalue weighted by Crippen LogP contribution is 2.65. The molecule has 0 aliphatic heterocycles. The third-order valence-corrected chi connectivity index (χ3v) is 6.13. The standard InChI is InChI=1S/C16H20F2N4O6S/c1-15(2,3)28-14(27)20-16(12(25)26)4-5(6-7(8(6)16)11(23)24)29-13-19-10(9(17)18)21-22-13/h5-9H,4H2,1-3H3,(H,20,27)(H,23,24)(H,25,26)(H,19,21,22)/t5?,6-,7-,8?,16?/m0/s1. The van der Waals surface area contributed by atoms with Crippen LogP contribution in [0.25, 0.3) is 0 Å². The van der Waals surface area contributed by atoms with Gasteiger partial charge in [0.1, 0.15) is 11.1 Å². The second-order valence-corrected chi connectivity index (χ2v) is 9.27. The van der Waals surface area contributed by atoms with Gasteiger partial charge in [-0.1, -0.05) is 11.8 Å². The predicted octanol–water partition coefficient (Wildman–Crippen LogP) is 1.90. The maximum atomic E-state index is 12.7. The third kappa shape index (κ3) is 4.00. The minimum absolute atomic E-state index is 0.0264. The number of alkyl carbamates (subject to hydrolysis) is 1. The van der Waals surface area contributed by atoms with Gasteiger partial charge in [-0.15, -0.1) is 10.2 Å². The van der Waals surface area contributed by atoms with Crippen molar-refractivity contribution in [1.82, 2.24) is 20.5 Å². The molecule has 0 aromatic carbocycles. The summed E-state index contributed by atoms with van der Waals surface area (Å²) in [5.41, 5.74) is -2.73. The van der Waals surface area contributed by atoms with Gasteiger partial charge < -0.3 is 25.3 Å². The first-order valence-electron chi connectivity index (χ1n) is 8.70. The van der Waals surface area contributed by atoms with E-state index in [1.54, 1.807) is 20.8 Å². The Balaban J connectivity index is 1.84. The van der Waals surface area contributed by atoms with E-state index in [-0.39, 0.29) is 11.6 Å². The molecule has 1 aromatic rings. The Morgan fingerprint density at radius 2 is 1.97 bits per heavy atom. The minimum Gasteiger partial charge on any atom is -0.481 e. The van der Waals surface area contributed by atoms with Gasteiger partial charge in [-0.3, -0.25) is 4.79 Å². The fraction of sp³-hybridized carbons (Fsp3) is 0.688. The van der Waals surface area contributed by atoms with Crippen LogP contribution in [0.4, 0.5) is 13.6 Å². The zero-order valence-corrected chi connectivity index (χ0v) is 16.5. The number of amides is 1. The van der Waals surface area contributed by atoms with Crippen LogP contribution in [0.2, 0.25) is 0 Å². The van der Waals surface area contributed by atoms with Gasteiger partial charge in [-0.25, -0.2) is 18.4 Å². The normalized spacial score (nSPS) is 30.7. The monoisotopic (exact) mass is 434 g/mol. The summed E-state index contributed by atoms with van der Waals surface area (Å²) in [6.07, 6.45) is -3.94. The molecular weight excluding hydrogens is 414 g/mol. The van der Waals surface area contributed by atoms with Crippen molar-refractivity contribution in [3.63, 3.8) is 0 Å². The van der Waals surface area contributed by atoms with Crippen molar-refractivity contribution in [2.45, 2.75) is 55.2 Å². The number of carbonyl (C=O) groups excluding carboxylic acids is 1. The molecule has 0 radical (unpaired) electrons. The number of thioether (sulfide) groups is 1. The molecule has 160 valence electrons. The van der Waals surface area contributed by atoms with Crippen LogP contribution in [0, 0.1) is 17.8 Å². The molecule has 5 atom stereocenters. The maximum Gasteiger partial charge on any atom is 0.408 e. The van der Waals surface area contributed by atoms with Gasteiger partial charge in [0.25, 0.3) is 6.43 Å². The number of alkyl halides is 2. The van der Waals surface area contributed by atoms with Gasteiger partial charge in [0.2, 0.25) is 0 Å². The first-order valence-corrected chi connectivity index (χ1v) is 9.58. The molecule has 1 heterocycles. The number of hydrogen-bond donors (Lipinski definition) is 4. The summed E-state index contributed by atoms with van der Waals surface area (Å²) in [5, 5.41) is 28.0. The van der Waals surface area contributed by atoms with Gasteiger partial charge in [-0.05, 0) is 33.1 Å². The molecular formula is C16H20F2N4O6S. The van der Waals surface area contributed by atoms with Crippen LogP contribution in [0.3, 0.4) is 0 Å². The SMILES string of the molecule is CC(C)(C)OC(=O)NC1(C(=O)O)CC(Sc2nnc(C(F)F)[nH]2)[C@@H]2C1[C@H]2C(=O)O. The van der Waals surface area contributed by atoms with Gasteiger partial charge in [0.15, 0.2) is 11.0 Å². The van der Waals surface area contributed by atoms with Gasteiger partial charge >= 0.3 is 18.0 Å². The van der Waals surface area contributed by atoms with Crippen LogP contribution in [-0.4, -0.2) is 59.8 Å². The summed E-state index contributed by atoms with van der Waals surface area (Å²) in [6.45, 7) is 4.83. The summed E-state index contributed by atoms with van der Waals surface area (Å²) in [5.74, 6) is -5.64. The first-order chi connectivity index (χ1) is 13.4. The summed E-state index contributed by atoms with van der Waals surface area (Å²) >= 11 is 0.939. The van der Waals surface area contributed by atoms with E-state index in [9.17, 15) is 33.4 Å². The number of carboxylic acid groups (broad SMARTS) is 2. The number of ether oxygens (including phenoxy) is 1. The Kier molecular flexibility index (Phi) is 5.22. The van der Waals surface area contributed by atoms with Crippen LogP contribution >= 0.6 is 11.8 Å². The van der Waals surface area contributed by atoms with Crippen molar-refractivity contribution in [3.8, 4) is 0 Å². The van der Waals surface area contributed by atoms with E-state index in [2.05, 4.69) is 20.5 Å². The smallest absolute Gasteiger partial charge is 0.408 e. The average Bonchev–Trinajstić information content (AvgIpc) is 3.01. The van der Waals surface area contributed by atoms with Crippen LogP contribution in [-0.2, 0) is 14.3 Å². The molecule has 13 heteroatoms. The lowest BCUT2D eigenvalue weighted by atomic mass is 9.90. The molecule has 2 aliphatic carbocycles. The molecule has 2 saturated carbocycles. The number of nitrogens with zero attached hydrogens (tertiary/aromatic N) is 2. The lowest BCUT2D eigenvalue weighted by molar-refractivity contribution is -0.147. The highest BCUT2D eigenvalue weighted by molar-refractivity contribution is 7.99. The Morgan fingerprint density at radius 3 is 2.45 bits per heavy atom. The zero-order valence-electron chi connectivity index (χ0n) is 15.7. The number of hydrogen-bond acceptors (Lipinski definition) is 7. The lowest BCUT2D eigenvalue weighted by Gasteiger charge is -2.31. The third-order valence-electron chi connectivity index (χ3n) is 4.94. The second-order valence-electron chi connectivity index (χ2n) is 8.05. The van der Waals surface area contributed by atoms with Crippen molar-refractivity contribution < 1.29 is 38.1 Å². The number of halogens is 2. The number of carbonyl (C=O) groups is 3. The summed E-state index contributed by atoms with van der Waals surface area (Å²) in [7, 11) is 0. The largest absolute Gasteiger partial charge is 0.481 e. The van der Waals surface area contributed by atoms with E-state index in [1.807, 2.05) is 0 Å². The van der Waals surface area contributed by atoms with Gasteiger partial charge in [0, 0.05) is 11.2 Å². The predicted molar refractivity (Wildman–Crippen MR) is 93.4 cm³/mol. The molecule has 0 bridgehead atoms. The van der Waals surface area contributed by atoms with E-state index in [0.717, 1.165) is 11.8 Å². The van der Waals surface area contributed by atoms with Crippen molar-refractivity contribution in [2.75, 3.05) is 0 Å². The summed E-state index contributed by atoms with van der Waals surface area (Å²) < 4.78 is 30.5. The van der Waals surface area contributed by atoms with Gasteiger partial charge in [-0.2, -0.15) is 0 Å². The lowest BCUT2D eigenvalue weighted by Crippen LogP contribution is -2.57. The number of fused-ring (bicyclic) bond motifs is 1. The van der Waals surface area contributed by atoms with Crippen LogP contribution in [0.15, 0.2) is 5.16 Å². The number of aromatic amines is 1. The van der Waals surface area contributed by atoms with Crippen LogP contribution in [0.1, 0.15) is 39.4 Å². The molecule has 0 saturated heterocycles. The Hall–Kier alpha value is -2.44. The zero-order chi connectivity index (χ0) is 21.7. The fourth-order valence-corrected chi connectivity index (χ4v) is 5.30. The molecule has 4 N–H and O–H groups in total. The number of nitrogens with one attached hydrogen (secondary N) is 2. The quantitative estimate of drug-likeness (QED) is 0.525. The molecule has 29 heavy (non-hydrogen) atoms. The van der Waals surface area contributed by atoms with E-state index in [4.69, 9.17) is 4.74 Å². The molecule has 2 fully saturated rings. The van der Waals surface area contributed by atoms with Crippen molar-refractivity contribution >= 4 is 29.8 Å². The molecule has 1 aromatic heterocycles. The fourth-order valence-electron chi connectivity index (χ4n) is 3.92. The van der Waals surface area contributed by atoms with E-state index < -0.39 is 64.4 Å².